The number of aliphatic hydroxyl groups is 2. The number of hydrogen-bond acceptors (Lipinski definition) is 7. The zero-order valence-electron chi connectivity index (χ0n) is 32.3. The molecule has 0 spiro atoms. The van der Waals surface area contributed by atoms with Gasteiger partial charge in [0, 0.05) is 26.6 Å². The van der Waals surface area contributed by atoms with Crippen molar-refractivity contribution in [3.8, 4) is 0 Å². The van der Waals surface area contributed by atoms with Crippen LogP contribution in [0.4, 0.5) is 0 Å². The van der Waals surface area contributed by atoms with Gasteiger partial charge in [-0.25, -0.2) is 0 Å². The Kier molecular flexibility index (Phi) is 27.6. The lowest BCUT2D eigenvalue weighted by molar-refractivity contribution is -0.322. The number of carbonyl (C=O) groups is 3. The SMILES string of the molecule is CCCCCCCCCCCCCCCCCCN(C[C@H]1O[C@](NC(=O)CC(=O)O)(OC)C[C@@H](O)[C@@H]1O)C(=O)CCCCCCCCCCC. The van der Waals surface area contributed by atoms with Crippen LogP contribution in [0, 0.1) is 0 Å². The maximum atomic E-state index is 13.5. The quantitative estimate of drug-likeness (QED) is 0.0302. The summed E-state index contributed by atoms with van der Waals surface area (Å²) in [6, 6.07) is 0. The Hall–Kier alpha value is -1.75. The van der Waals surface area contributed by atoms with E-state index in [0.29, 0.717) is 13.0 Å². The maximum Gasteiger partial charge on any atom is 0.312 e. The smallest absolute Gasteiger partial charge is 0.312 e. The Labute approximate surface area is 304 Å². The number of aliphatic carboxylic acids is 1. The van der Waals surface area contributed by atoms with Crippen molar-refractivity contribution in [1.82, 2.24) is 10.2 Å². The average molecular weight is 713 g/mol. The van der Waals surface area contributed by atoms with Gasteiger partial charge in [0.15, 0.2) is 0 Å². The van der Waals surface area contributed by atoms with Crippen molar-refractivity contribution in [2.45, 2.75) is 218 Å². The van der Waals surface area contributed by atoms with Crippen LogP contribution in [0.1, 0.15) is 194 Å². The summed E-state index contributed by atoms with van der Waals surface area (Å²) in [7, 11) is 1.28. The molecule has 0 unspecified atom stereocenters. The Bertz CT molecular complexity index is 874. The van der Waals surface area contributed by atoms with Crippen molar-refractivity contribution in [3.63, 3.8) is 0 Å². The second-order valence-corrected chi connectivity index (χ2v) is 14.7. The summed E-state index contributed by atoms with van der Waals surface area (Å²) in [5, 5.41) is 33.0. The Morgan fingerprint density at radius 2 is 1.12 bits per heavy atom. The summed E-state index contributed by atoms with van der Waals surface area (Å²) in [6.45, 7) is 5.03. The second kappa shape index (κ2) is 29.8. The fourth-order valence-corrected chi connectivity index (χ4v) is 6.94. The monoisotopic (exact) mass is 713 g/mol. The molecule has 10 nitrogen and oxygen atoms in total. The van der Waals surface area contributed by atoms with E-state index >= 15 is 0 Å². The van der Waals surface area contributed by atoms with E-state index in [1.165, 1.54) is 129 Å². The molecular weight excluding hydrogens is 636 g/mol. The van der Waals surface area contributed by atoms with Crippen molar-refractivity contribution in [2.75, 3.05) is 20.2 Å². The normalized spacial score (nSPS) is 20.5. The summed E-state index contributed by atoms with van der Waals surface area (Å²) in [5.41, 5.74) is 0. The molecule has 2 amide bonds. The zero-order chi connectivity index (χ0) is 36.9. The molecule has 0 bridgehead atoms. The molecule has 0 saturated carbocycles. The van der Waals surface area contributed by atoms with E-state index in [2.05, 4.69) is 19.2 Å². The number of methoxy groups -OCH3 is 1. The van der Waals surface area contributed by atoms with Gasteiger partial charge in [-0.05, 0) is 12.8 Å². The third-order valence-electron chi connectivity index (χ3n) is 10.1. The number of unbranched alkanes of at least 4 members (excludes halogenated alkanes) is 23. The average Bonchev–Trinajstić information content (AvgIpc) is 3.08. The van der Waals surface area contributed by atoms with Gasteiger partial charge >= 0.3 is 5.97 Å². The van der Waals surface area contributed by atoms with Crippen molar-refractivity contribution in [1.29, 1.82) is 0 Å². The third-order valence-corrected chi connectivity index (χ3v) is 10.1. The highest BCUT2D eigenvalue weighted by molar-refractivity contribution is 5.93. The summed E-state index contributed by atoms with van der Waals surface area (Å²) in [6.07, 6.45) is 26.4. The highest BCUT2D eigenvalue weighted by Gasteiger charge is 2.48. The fraction of sp³-hybridized carbons (Fsp3) is 0.925. The molecule has 1 rings (SSSR count). The number of rotatable bonds is 33. The van der Waals surface area contributed by atoms with E-state index < -0.39 is 42.5 Å². The van der Waals surface area contributed by atoms with E-state index in [4.69, 9.17) is 14.6 Å². The van der Waals surface area contributed by atoms with Crippen LogP contribution in [0.15, 0.2) is 0 Å². The molecule has 0 aromatic rings. The van der Waals surface area contributed by atoms with Crippen molar-refractivity contribution in [3.05, 3.63) is 0 Å². The molecule has 0 radical (unpaired) electrons. The molecule has 0 aliphatic carbocycles. The van der Waals surface area contributed by atoms with E-state index in [-0.39, 0.29) is 18.9 Å². The molecule has 4 atom stereocenters. The van der Waals surface area contributed by atoms with Gasteiger partial charge in [-0.1, -0.05) is 162 Å². The van der Waals surface area contributed by atoms with Crippen LogP contribution in [-0.4, -0.2) is 82.4 Å². The standard InChI is InChI=1S/C40H76N2O8/c1-4-6-8-10-12-14-15-16-17-18-19-20-22-24-26-28-30-42(37(45)29-27-25-23-21-13-11-9-7-5-2)33-35-39(48)34(43)32-40(49-3,50-35)41-36(44)31-38(46)47/h34-35,39,43,48H,4-33H2,1-3H3,(H,41,44)(H,46,47)/t34-,35-,39+,40-/m1/s1. The van der Waals surface area contributed by atoms with Gasteiger partial charge in [0.2, 0.25) is 11.8 Å². The minimum Gasteiger partial charge on any atom is -0.481 e. The van der Waals surface area contributed by atoms with E-state index in [1.807, 2.05) is 0 Å². The number of carboxylic acids is 1. The Morgan fingerprint density at radius 3 is 1.54 bits per heavy atom. The zero-order valence-corrected chi connectivity index (χ0v) is 32.3. The third kappa shape index (κ3) is 22.2. The highest BCUT2D eigenvalue weighted by atomic mass is 16.7. The largest absolute Gasteiger partial charge is 0.481 e. The molecule has 1 aliphatic heterocycles. The highest BCUT2D eigenvalue weighted by Crippen LogP contribution is 2.29. The van der Waals surface area contributed by atoms with Crippen LogP contribution in [-0.2, 0) is 23.9 Å². The maximum absolute atomic E-state index is 13.5. The second-order valence-electron chi connectivity index (χ2n) is 14.7. The molecule has 4 N–H and O–H groups in total. The van der Waals surface area contributed by atoms with Crippen LogP contribution >= 0.6 is 0 Å². The molecular formula is C40H76N2O8. The predicted octanol–water partition coefficient (Wildman–Crippen LogP) is 8.40. The summed E-state index contributed by atoms with van der Waals surface area (Å²) in [5.74, 6) is -3.97. The Morgan fingerprint density at radius 1 is 0.700 bits per heavy atom. The van der Waals surface area contributed by atoms with E-state index in [0.717, 1.165) is 38.5 Å². The van der Waals surface area contributed by atoms with Crippen molar-refractivity contribution in [2.24, 2.45) is 0 Å². The topological polar surface area (TPSA) is 146 Å². The van der Waals surface area contributed by atoms with Gasteiger partial charge in [0.25, 0.3) is 5.91 Å². The Balaban J connectivity index is 2.57. The van der Waals surface area contributed by atoms with Crippen LogP contribution < -0.4 is 5.32 Å². The van der Waals surface area contributed by atoms with Crippen LogP contribution in [0.5, 0.6) is 0 Å². The van der Waals surface area contributed by atoms with Crippen molar-refractivity contribution < 1.29 is 39.2 Å². The fourth-order valence-electron chi connectivity index (χ4n) is 6.94. The first-order chi connectivity index (χ1) is 24.2. The summed E-state index contributed by atoms with van der Waals surface area (Å²) in [4.78, 5) is 38.6. The van der Waals surface area contributed by atoms with Crippen LogP contribution in [0.3, 0.4) is 0 Å². The van der Waals surface area contributed by atoms with Gasteiger partial charge in [-0.15, -0.1) is 0 Å². The molecule has 0 aromatic heterocycles. The molecule has 294 valence electrons. The number of nitrogens with one attached hydrogen (secondary N) is 1. The first kappa shape index (κ1) is 46.3. The molecule has 50 heavy (non-hydrogen) atoms. The number of ether oxygens (including phenoxy) is 2. The number of aliphatic hydroxyl groups excluding tert-OH is 2. The first-order valence-electron chi connectivity index (χ1n) is 20.6. The molecule has 1 heterocycles. The summed E-state index contributed by atoms with van der Waals surface area (Å²) < 4.78 is 11.4. The minimum absolute atomic E-state index is 0.0114. The lowest BCUT2D eigenvalue weighted by atomic mass is 9.98. The van der Waals surface area contributed by atoms with Gasteiger partial charge < -0.3 is 35.0 Å². The molecule has 1 fully saturated rings. The molecule has 0 aromatic carbocycles. The number of carbonyl (C=O) groups excluding carboxylic acids is 2. The lowest BCUT2D eigenvalue weighted by Gasteiger charge is -2.45. The minimum atomic E-state index is -1.81. The van der Waals surface area contributed by atoms with Crippen LogP contribution in [0.2, 0.25) is 0 Å². The number of nitrogens with zero attached hydrogens (tertiary/aromatic N) is 1. The van der Waals surface area contributed by atoms with Gasteiger partial charge in [0.1, 0.15) is 18.6 Å². The first-order valence-corrected chi connectivity index (χ1v) is 20.6. The van der Waals surface area contributed by atoms with Gasteiger partial charge in [0.05, 0.1) is 12.5 Å². The van der Waals surface area contributed by atoms with Gasteiger partial charge in [-0.3, -0.25) is 14.4 Å². The van der Waals surface area contributed by atoms with E-state index in [9.17, 15) is 24.6 Å². The number of carboxylic acid groups (broad SMARTS) is 1. The molecule has 1 aliphatic rings. The van der Waals surface area contributed by atoms with Crippen LogP contribution in [0.25, 0.3) is 0 Å². The lowest BCUT2D eigenvalue weighted by Crippen LogP contribution is -2.65. The van der Waals surface area contributed by atoms with E-state index in [1.54, 1.807) is 4.90 Å². The molecule has 10 heteroatoms. The van der Waals surface area contributed by atoms with Crippen molar-refractivity contribution >= 4 is 17.8 Å². The number of amides is 2. The van der Waals surface area contributed by atoms with Gasteiger partial charge in [-0.2, -0.15) is 0 Å². The predicted molar refractivity (Wildman–Crippen MR) is 200 cm³/mol. The molecule has 1 saturated heterocycles. The summed E-state index contributed by atoms with van der Waals surface area (Å²) >= 11 is 0. The number of hydrogen-bond donors (Lipinski definition) is 4.